The molecule has 10 heteroatoms. The summed E-state index contributed by atoms with van der Waals surface area (Å²) in [7, 11) is -3.82. The van der Waals surface area contributed by atoms with Crippen LogP contribution >= 0.6 is 0 Å². The van der Waals surface area contributed by atoms with E-state index in [0.717, 1.165) is 10.6 Å². The van der Waals surface area contributed by atoms with Gasteiger partial charge in [0.2, 0.25) is 21.8 Å². The van der Waals surface area contributed by atoms with Crippen molar-refractivity contribution in [1.82, 2.24) is 10.2 Å². The van der Waals surface area contributed by atoms with Crippen molar-refractivity contribution in [3.63, 3.8) is 0 Å². The second-order valence-electron chi connectivity index (χ2n) is 7.66. The Hall–Kier alpha value is -3.14. The van der Waals surface area contributed by atoms with Crippen LogP contribution in [-0.2, 0) is 26.2 Å². The average Bonchev–Trinajstić information content (AvgIpc) is 2.79. The fourth-order valence-corrected chi connectivity index (χ4v) is 4.34. The zero-order chi connectivity index (χ0) is 25.3. The molecule has 186 valence electrons. The van der Waals surface area contributed by atoms with Crippen molar-refractivity contribution in [2.75, 3.05) is 30.3 Å². The third kappa shape index (κ3) is 7.44. The summed E-state index contributed by atoms with van der Waals surface area (Å²) in [6.45, 7) is 5.75. The van der Waals surface area contributed by atoms with E-state index in [1.165, 1.54) is 29.2 Å². The lowest BCUT2D eigenvalue weighted by atomic mass is 10.1. The number of carbonyl (C=O) groups is 2. The van der Waals surface area contributed by atoms with E-state index < -0.39 is 34.3 Å². The molecule has 2 aromatic rings. The molecule has 0 heterocycles. The summed E-state index contributed by atoms with van der Waals surface area (Å²) in [5.74, 6) is -0.739. The number of halogens is 1. The summed E-state index contributed by atoms with van der Waals surface area (Å²) in [6.07, 6.45) is 1.34. The Morgan fingerprint density at radius 1 is 1.03 bits per heavy atom. The summed E-state index contributed by atoms with van der Waals surface area (Å²) in [4.78, 5) is 27.5. The molecule has 1 N–H and O–H groups in total. The van der Waals surface area contributed by atoms with Gasteiger partial charge in [0.15, 0.2) is 0 Å². The van der Waals surface area contributed by atoms with Gasteiger partial charge in [0.05, 0.1) is 18.6 Å². The van der Waals surface area contributed by atoms with Crippen molar-refractivity contribution in [3.8, 4) is 5.75 Å². The number of benzene rings is 2. The van der Waals surface area contributed by atoms with Gasteiger partial charge >= 0.3 is 0 Å². The Balaban J connectivity index is 2.39. The molecule has 1 atom stereocenters. The lowest BCUT2D eigenvalue weighted by Gasteiger charge is -2.32. The molecule has 0 bridgehead atoms. The number of sulfonamides is 1. The molecule has 0 saturated heterocycles. The quantitative estimate of drug-likeness (QED) is 0.491. The van der Waals surface area contributed by atoms with Crippen LogP contribution < -0.4 is 14.4 Å². The first-order chi connectivity index (χ1) is 16.1. The maximum absolute atomic E-state index is 13.5. The first-order valence-electron chi connectivity index (χ1n) is 11.1. The number of hydrogen-bond acceptors (Lipinski definition) is 5. The van der Waals surface area contributed by atoms with E-state index in [4.69, 9.17) is 4.74 Å². The van der Waals surface area contributed by atoms with Crippen LogP contribution in [0.2, 0.25) is 0 Å². The van der Waals surface area contributed by atoms with Crippen molar-refractivity contribution in [2.24, 2.45) is 0 Å². The van der Waals surface area contributed by atoms with Crippen LogP contribution in [0, 0.1) is 5.82 Å². The molecule has 2 amide bonds. The van der Waals surface area contributed by atoms with Crippen LogP contribution in [0.15, 0.2) is 48.5 Å². The van der Waals surface area contributed by atoms with Gasteiger partial charge in [-0.05, 0) is 62.2 Å². The van der Waals surface area contributed by atoms with Gasteiger partial charge in [-0.2, -0.15) is 0 Å². The number of carbonyl (C=O) groups excluding carboxylic acids is 2. The molecular formula is C24H32FN3O5S. The number of hydrogen-bond donors (Lipinski definition) is 1. The van der Waals surface area contributed by atoms with Crippen molar-refractivity contribution in [1.29, 1.82) is 0 Å². The Labute approximate surface area is 200 Å². The minimum absolute atomic E-state index is 0.0234. The molecule has 0 aliphatic carbocycles. The summed E-state index contributed by atoms with van der Waals surface area (Å²) in [5.41, 5.74) is 0.913. The van der Waals surface area contributed by atoms with Gasteiger partial charge in [-0.3, -0.25) is 13.9 Å². The van der Waals surface area contributed by atoms with Gasteiger partial charge in [-0.25, -0.2) is 12.8 Å². The molecule has 0 unspecified atom stereocenters. The first-order valence-corrected chi connectivity index (χ1v) is 13.0. The lowest BCUT2D eigenvalue weighted by Crippen LogP contribution is -2.52. The van der Waals surface area contributed by atoms with Gasteiger partial charge in [-0.1, -0.05) is 19.1 Å². The number of amides is 2. The zero-order valence-electron chi connectivity index (χ0n) is 20.0. The Morgan fingerprint density at radius 2 is 1.65 bits per heavy atom. The first kappa shape index (κ1) is 27.1. The van der Waals surface area contributed by atoms with E-state index >= 15 is 0 Å². The third-order valence-electron chi connectivity index (χ3n) is 5.12. The van der Waals surface area contributed by atoms with Gasteiger partial charge in [0.25, 0.3) is 0 Å². The molecule has 2 rings (SSSR count). The molecule has 0 aliphatic heterocycles. The number of ether oxygens (including phenoxy) is 1. The normalized spacial score (nSPS) is 12.0. The molecular weight excluding hydrogens is 461 g/mol. The van der Waals surface area contributed by atoms with E-state index in [-0.39, 0.29) is 12.5 Å². The number of rotatable bonds is 12. The number of nitrogens with one attached hydrogen (secondary N) is 1. The molecule has 0 aliphatic rings. The number of nitrogens with zero attached hydrogens (tertiary/aromatic N) is 2. The van der Waals surface area contributed by atoms with E-state index in [0.29, 0.717) is 36.6 Å². The third-order valence-corrected chi connectivity index (χ3v) is 6.26. The Bertz CT molecular complexity index is 1060. The number of likely N-dealkylation sites (N-methyl/N-ethyl adjacent to an activating group) is 1. The highest BCUT2D eigenvalue weighted by Gasteiger charge is 2.31. The van der Waals surface area contributed by atoms with Crippen molar-refractivity contribution >= 4 is 27.5 Å². The van der Waals surface area contributed by atoms with Crippen LogP contribution in [0.3, 0.4) is 0 Å². The van der Waals surface area contributed by atoms with E-state index in [1.54, 1.807) is 38.1 Å². The second-order valence-corrected chi connectivity index (χ2v) is 9.57. The molecule has 8 nitrogen and oxygen atoms in total. The Kier molecular flexibility index (Phi) is 9.85. The fraction of sp³-hybridized carbons (Fsp3) is 0.417. The molecule has 0 radical (unpaired) electrons. The van der Waals surface area contributed by atoms with Gasteiger partial charge in [0.1, 0.15) is 24.2 Å². The highest BCUT2D eigenvalue weighted by atomic mass is 32.2. The van der Waals surface area contributed by atoms with E-state index in [1.807, 2.05) is 6.92 Å². The molecule has 2 aromatic carbocycles. The molecule has 34 heavy (non-hydrogen) atoms. The van der Waals surface area contributed by atoms with Crippen molar-refractivity contribution < 1.29 is 27.1 Å². The molecule has 0 spiro atoms. The van der Waals surface area contributed by atoms with E-state index in [9.17, 15) is 22.4 Å². The maximum Gasteiger partial charge on any atom is 0.244 e. The second kappa shape index (κ2) is 12.4. The van der Waals surface area contributed by atoms with Gasteiger partial charge < -0.3 is 15.0 Å². The Morgan fingerprint density at radius 3 is 2.15 bits per heavy atom. The zero-order valence-corrected chi connectivity index (χ0v) is 20.8. The van der Waals surface area contributed by atoms with Crippen LogP contribution in [0.1, 0.15) is 32.8 Å². The minimum atomic E-state index is -3.82. The largest absolute Gasteiger partial charge is 0.494 e. The van der Waals surface area contributed by atoms with Gasteiger partial charge in [-0.15, -0.1) is 0 Å². The van der Waals surface area contributed by atoms with Crippen molar-refractivity contribution in [2.45, 2.75) is 39.8 Å². The molecule has 0 saturated carbocycles. The highest BCUT2D eigenvalue weighted by molar-refractivity contribution is 7.92. The summed E-state index contributed by atoms with van der Waals surface area (Å²) in [5, 5.41) is 2.72. The van der Waals surface area contributed by atoms with Crippen molar-refractivity contribution in [3.05, 3.63) is 59.9 Å². The average molecular weight is 494 g/mol. The summed E-state index contributed by atoms with van der Waals surface area (Å²) in [6, 6.07) is 11.2. The van der Waals surface area contributed by atoms with Gasteiger partial charge in [0, 0.05) is 13.1 Å². The standard InChI is InChI=1S/C24H32FN3O5S/c1-5-22(24(30)26-6-2)27(16-18-8-10-19(25)11-9-18)23(29)17-28(34(4,31)32)20-12-14-21(15-13-20)33-7-3/h8-15,22H,5-7,16-17H2,1-4H3,(H,26,30)/t22-/m0/s1. The molecule has 0 aromatic heterocycles. The van der Waals surface area contributed by atoms with Crippen LogP contribution in [0.25, 0.3) is 0 Å². The maximum atomic E-state index is 13.5. The summed E-state index contributed by atoms with van der Waals surface area (Å²) < 4.78 is 44.9. The van der Waals surface area contributed by atoms with Crippen LogP contribution in [0.5, 0.6) is 5.75 Å². The fourth-order valence-electron chi connectivity index (χ4n) is 3.49. The topological polar surface area (TPSA) is 96.0 Å². The predicted molar refractivity (Wildman–Crippen MR) is 130 cm³/mol. The SMILES string of the molecule is CCNC(=O)[C@H](CC)N(Cc1ccc(F)cc1)C(=O)CN(c1ccc(OCC)cc1)S(C)(=O)=O. The smallest absolute Gasteiger partial charge is 0.244 e. The molecule has 0 fully saturated rings. The van der Waals surface area contributed by atoms with E-state index in [2.05, 4.69) is 5.32 Å². The highest BCUT2D eigenvalue weighted by Crippen LogP contribution is 2.23. The minimum Gasteiger partial charge on any atom is -0.494 e. The summed E-state index contributed by atoms with van der Waals surface area (Å²) >= 11 is 0. The lowest BCUT2D eigenvalue weighted by molar-refractivity contribution is -0.140. The predicted octanol–water partition coefficient (Wildman–Crippen LogP) is 2.93. The van der Waals surface area contributed by atoms with Crippen LogP contribution in [-0.4, -0.2) is 57.1 Å². The van der Waals surface area contributed by atoms with Crippen LogP contribution in [0.4, 0.5) is 10.1 Å². The number of anilines is 1. The monoisotopic (exact) mass is 493 g/mol.